The second kappa shape index (κ2) is 9.61. The number of hydrogen-bond acceptors (Lipinski definition) is 7. The lowest BCUT2D eigenvalue weighted by Gasteiger charge is -2.39. The first-order valence-electron chi connectivity index (χ1n) is 10.5. The molecule has 12 heteroatoms. The summed E-state index contributed by atoms with van der Waals surface area (Å²) in [5.74, 6) is -2.05. The maximum Gasteiger partial charge on any atom is 0.242 e. The van der Waals surface area contributed by atoms with Crippen LogP contribution in [-0.2, 0) is 33.9 Å². The SMILES string of the molecule is COCCN(C(=O)CC1CC(=O)NC1=O)C1CCN(C(=O)C2CCN(C)S2(=O)=O)CC1. The fourth-order valence-electron chi connectivity index (χ4n) is 4.45. The molecule has 2 atom stereocenters. The standard InChI is InChI=1S/C19H30N4O7S/c1-21-6-5-15(31(21,28)29)19(27)22-7-3-14(4-8-22)23(9-10-30-2)17(25)12-13-11-16(24)20-18(13)26/h13-15H,3-12H2,1-2H3,(H,20,24,26). The smallest absolute Gasteiger partial charge is 0.242 e. The molecule has 0 saturated carbocycles. The van der Waals surface area contributed by atoms with Crippen molar-refractivity contribution in [2.24, 2.45) is 5.92 Å². The Morgan fingerprint density at radius 2 is 1.84 bits per heavy atom. The molecule has 2 unspecified atom stereocenters. The van der Waals surface area contributed by atoms with Gasteiger partial charge in [0.15, 0.2) is 5.25 Å². The highest BCUT2D eigenvalue weighted by molar-refractivity contribution is 7.90. The van der Waals surface area contributed by atoms with Crippen molar-refractivity contribution < 1.29 is 32.3 Å². The van der Waals surface area contributed by atoms with Gasteiger partial charge in [-0.2, -0.15) is 0 Å². The topological polar surface area (TPSA) is 133 Å². The highest BCUT2D eigenvalue weighted by Crippen LogP contribution is 2.26. The molecule has 3 heterocycles. The first kappa shape index (κ1) is 23.6. The van der Waals surface area contributed by atoms with Crippen molar-refractivity contribution in [2.45, 2.75) is 43.4 Å². The third kappa shape index (κ3) is 5.07. The number of nitrogens with one attached hydrogen (secondary N) is 1. The fourth-order valence-corrected chi connectivity index (χ4v) is 6.05. The van der Waals surface area contributed by atoms with E-state index in [0.29, 0.717) is 45.6 Å². The first-order chi connectivity index (χ1) is 14.6. The molecule has 4 amide bonds. The second-order valence-electron chi connectivity index (χ2n) is 8.30. The van der Waals surface area contributed by atoms with Crippen LogP contribution in [0.3, 0.4) is 0 Å². The number of piperidine rings is 1. The van der Waals surface area contributed by atoms with Gasteiger partial charge in [0, 0.05) is 59.2 Å². The number of carbonyl (C=O) groups is 4. The van der Waals surface area contributed by atoms with E-state index in [-0.39, 0.29) is 43.0 Å². The third-order valence-electron chi connectivity index (χ3n) is 6.34. The van der Waals surface area contributed by atoms with E-state index in [1.807, 2.05) is 0 Å². The van der Waals surface area contributed by atoms with E-state index in [9.17, 15) is 27.6 Å². The Labute approximate surface area is 182 Å². The number of nitrogens with zero attached hydrogens (tertiary/aromatic N) is 3. The van der Waals surface area contributed by atoms with E-state index in [0.717, 1.165) is 0 Å². The summed E-state index contributed by atoms with van der Waals surface area (Å²) >= 11 is 0. The molecule has 31 heavy (non-hydrogen) atoms. The first-order valence-corrected chi connectivity index (χ1v) is 12.0. The molecule has 3 fully saturated rings. The number of amides is 4. The Kier molecular flexibility index (Phi) is 7.32. The molecule has 174 valence electrons. The van der Waals surface area contributed by atoms with Gasteiger partial charge in [-0.3, -0.25) is 24.5 Å². The summed E-state index contributed by atoms with van der Waals surface area (Å²) in [5, 5.41) is 1.19. The van der Waals surface area contributed by atoms with Crippen LogP contribution in [0, 0.1) is 5.92 Å². The van der Waals surface area contributed by atoms with E-state index < -0.39 is 27.1 Å². The maximum absolute atomic E-state index is 12.9. The lowest BCUT2D eigenvalue weighted by molar-refractivity contribution is -0.140. The van der Waals surface area contributed by atoms with Gasteiger partial charge in [0.05, 0.1) is 12.5 Å². The summed E-state index contributed by atoms with van der Waals surface area (Å²) in [6.07, 6.45) is 1.28. The van der Waals surface area contributed by atoms with Crippen LogP contribution in [0.25, 0.3) is 0 Å². The fraction of sp³-hybridized carbons (Fsp3) is 0.789. The van der Waals surface area contributed by atoms with Crippen LogP contribution in [-0.4, -0.2) is 104 Å². The Balaban J connectivity index is 1.60. The molecule has 11 nitrogen and oxygen atoms in total. The molecule has 0 aliphatic carbocycles. The summed E-state index contributed by atoms with van der Waals surface area (Å²) in [5.41, 5.74) is 0. The predicted octanol–water partition coefficient (Wildman–Crippen LogP) is -1.46. The van der Waals surface area contributed by atoms with Crippen molar-refractivity contribution in [3.8, 4) is 0 Å². The maximum atomic E-state index is 12.9. The van der Waals surface area contributed by atoms with Crippen molar-refractivity contribution in [1.82, 2.24) is 19.4 Å². The van der Waals surface area contributed by atoms with Crippen LogP contribution in [0.15, 0.2) is 0 Å². The van der Waals surface area contributed by atoms with Crippen molar-refractivity contribution in [1.29, 1.82) is 0 Å². The molecule has 3 aliphatic rings. The number of hydrogen-bond donors (Lipinski definition) is 1. The number of methoxy groups -OCH3 is 1. The summed E-state index contributed by atoms with van der Waals surface area (Å²) in [7, 11) is -0.585. The van der Waals surface area contributed by atoms with E-state index in [1.165, 1.54) is 18.5 Å². The quantitative estimate of drug-likeness (QED) is 0.461. The van der Waals surface area contributed by atoms with Gasteiger partial charge in [0.2, 0.25) is 33.7 Å². The minimum absolute atomic E-state index is 0.0138. The van der Waals surface area contributed by atoms with Gasteiger partial charge in [-0.05, 0) is 19.3 Å². The zero-order chi connectivity index (χ0) is 22.8. The molecule has 3 aliphatic heterocycles. The highest BCUT2D eigenvalue weighted by Gasteiger charge is 2.44. The van der Waals surface area contributed by atoms with E-state index >= 15 is 0 Å². The minimum Gasteiger partial charge on any atom is -0.383 e. The van der Waals surface area contributed by atoms with Gasteiger partial charge < -0.3 is 14.5 Å². The average Bonchev–Trinajstić information content (AvgIpc) is 3.18. The summed E-state index contributed by atoms with van der Waals surface area (Å²) < 4.78 is 31.0. The number of ether oxygens (including phenoxy) is 1. The van der Waals surface area contributed by atoms with Crippen LogP contribution in [0.4, 0.5) is 0 Å². The second-order valence-corrected chi connectivity index (χ2v) is 10.5. The van der Waals surface area contributed by atoms with Crippen LogP contribution < -0.4 is 5.32 Å². The molecule has 1 N–H and O–H groups in total. The summed E-state index contributed by atoms with van der Waals surface area (Å²) in [6, 6.07) is -0.144. The Bertz CT molecular complexity index is 838. The molecular formula is C19H30N4O7S. The number of likely N-dealkylation sites (tertiary alicyclic amines) is 1. The molecule has 0 radical (unpaired) electrons. The number of imide groups is 1. The van der Waals surface area contributed by atoms with Gasteiger partial charge in [-0.25, -0.2) is 12.7 Å². The number of rotatable bonds is 7. The van der Waals surface area contributed by atoms with Gasteiger partial charge in [0.25, 0.3) is 0 Å². The Morgan fingerprint density at radius 1 is 1.16 bits per heavy atom. The number of sulfonamides is 1. The molecule has 0 aromatic heterocycles. The monoisotopic (exact) mass is 458 g/mol. The van der Waals surface area contributed by atoms with Crippen molar-refractivity contribution in [2.75, 3.05) is 46.9 Å². The van der Waals surface area contributed by atoms with Crippen molar-refractivity contribution in [3.63, 3.8) is 0 Å². The van der Waals surface area contributed by atoms with E-state index in [4.69, 9.17) is 4.74 Å². The largest absolute Gasteiger partial charge is 0.383 e. The molecule has 0 spiro atoms. The zero-order valence-corrected chi connectivity index (χ0v) is 18.7. The lowest BCUT2D eigenvalue weighted by Crippen LogP contribution is -2.52. The van der Waals surface area contributed by atoms with Crippen LogP contribution >= 0.6 is 0 Å². The minimum atomic E-state index is -3.60. The molecule has 3 saturated heterocycles. The zero-order valence-electron chi connectivity index (χ0n) is 17.9. The molecule has 3 rings (SSSR count). The van der Waals surface area contributed by atoms with Crippen LogP contribution in [0.1, 0.15) is 32.1 Å². The van der Waals surface area contributed by atoms with Crippen LogP contribution in [0.2, 0.25) is 0 Å². The summed E-state index contributed by atoms with van der Waals surface area (Å²) in [4.78, 5) is 52.2. The third-order valence-corrected chi connectivity index (χ3v) is 8.54. The highest BCUT2D eigenvalue weighted by atomic mass is 32.2. The molecule has 0 aromatic rings. The Morgan fingerprint density at radius 3 is 2.35 bits per heavy atom. The predicted molar refractivity (Wildman–Crippen MR) is 109 cm³/mol. The lowest BCUT2D eigenvalue weighted by atomic mass is 9.99. The van der Waals surface area contributed by atoms with Gasteiger partial charge in [0.1, 0.15) is 0 Å². The molecular weight excluding hydrogens is 428 g/mol. The Hall–Kier alpha value is -2.05. The van der Waals surface area contributed by atoms with Crippen molar-refractivity contribution in [3.05, 3.63) is 0 Å². The number of carbonyl (C=O) groups excluding carboxylic acids is 4. The van der Waals surface area contributed by atoms with Crippen LogP contribution in [0.5, 0.6) is 0 Å². The van der Waals surface area contributed by atoms with E-state index in [2.05, 4.69) is 5.32 Å². The van der Waals surface area contributed by atoms with E-state index in [1.54, 1.807) is 9.80 Å². The van der Waals surface area contributed by atoms with Crippen molar-refractivity contribution >= 4 is 33.7 Å². The normalized spacial score (nSPS) is 26.8. The van der Waals surface area contributed by atoms with Gasteiger partial charge in [-0.1, -0.05) is 0 Å². The summed E-state index contributed by atoms with van der Waals surface area (Å²) in [6.45, 7) is 1.73. The van der Waals surface area contributed by atoms with Gasteiger partial charge >= 0.3 is 0 Å². The van der Waals surface area contributed by atoms with Gasteiger partial charge in [-0.15, -0.1) is 0 Å². The molecule has 0 aromatic carbocycles. The average molecular weight is 459 g/mol. The molecule has 0 bridgehead atoms.